The first-order valence-electron chi connectivity index (χ1n) is 5.55. The standard InChI is InChI=1S/C14H10ClF2NO/c15-10-5-3-7-12(14(10)17)18-13(19)8-9-4-1-2-6-11(9)16/h1-7H,8H2,(H,18,19). The second-order valence-electron chi connectivity index (χ2n) is 3.92. The summed E-state index contributed by atoms with van der Waals surface area (Å²) in [7, 11) is 0. The van der Waals surface area contributed by atoms with Gasteiger partial charge in [0.25, 0.3) is 0 Å². The molecule has 2 rings (SSSR count). The average Bonchev–Trinajstić information content (AvgIpc) is 2.38. The smallest absolute Gasteiger partial charge is 0.228 e. The van der Waals surface area contributed by atoms with Crippen LogP contribution in [-0.4, -0.2) is 5.91 Å². The van der Waals surface area contributed by atoms with Gasteiger partial charge in [-0.05, 0) is 23.8 Å². The molecule has 1 amide bonds. The number of halogens is 3. The lowest BCUT2D eigenvalue weighted by Gasteiger charge is -2.07. The number of carbonyl (C=O) groups is 1. The quantitative estimate of drug-likeness (QED) is 0.911. The van der Waals surface area contributed by atoms with Crippen molar-refractivity contribution < 1.29 is 13.6 Å². The Morgan fingerprint density at radius 3 is 2.58 bits per heavy atom. The van der Waals surface area contributed by atoms with Crippen LogP contribution in [0.25, 0.3) is 0 Å². The lowest BCUT2D eigenvalue weighted by atomic mass is 10.1. The molecule has 0 saturated heterocycles. The Balaban J connectivity index is 2.10. The van der Waals surface area contributed by atoms with Gasteiger partial charge in [-0.15, -0.1) is 0 Å². The van der Waals surface area contributed by atoms with Crippen LogP contribution in [0.3, 0.4) is 0 Å². The predicted octanol–water partition coefficient (Wildman–Crippen LogP) is 3.80. The van der Waals surface area contributed by atoms with Crippen LogP contribution < -0.4 is 5.32 Å². The third-order valence-corrected chi connectivity index (χ3v) is 2.83. The third kappa shape index (κ3) is 3.29. The molecule has 0 atom stereocenters. The topological polar surface area (TPSA) is 29.1 Å². The molecule has 98 valence electrons. The van der Waals surface area contributed by atoms with Gasteiger partial charge >= 0.3 is 0 Å². The van der Waals surface area contributed by atoms with E-state index in [1.54, 1.807) is 6.07 Å². The third-order valence-electron chi connectivity index (χ3n) is 2.53. The summed E-state index contributed by atoms with van der Waals surface area (Å²) in [6.07, 6.45) is -0.168. The zero-order chi connectivity index (χ0) is 13.8. The van der Waals surface area contributed by atoms with Crippen LogP contribution in [0.1, 0.15) is 5.56 Å². The first kappa shape index (κ1) is 13.5. The Morgan fingerprint density at radius 2 is 1.84 bits per heavy atom. The summed E-state index contributed by atoms with van der Waals surface area (Å²) in [4.78, 5) is 11.7. The van der Waals surface area contributed by atoms with Crippen molar-refractivity contribution in [1.29, 1.82) is 0 Å². The minimum absolute atomic E-state index is 0.0196. The van der Waals surface area contributed by atoms with Crippen LogP contribution >= 0.6 is 11.6 Å². The maximum absolute atomic E-state index is 13.6. The number of hydrogen-bond donors (Lipinski definition) is 1. The summed E-state index contributed by atoms with van der Waals surface area (Å²) in [5.74, 6) is -1.68. The largest absolute Gasteiger partial charge is 0.323 e. The second-order valence-corrected chi connectivity index (χ2v) is 4.32. The van der Waals surface area contributed by atoms with E-state index in [0.717, 1.165) is 0 Å². The summed E-state index contributed by atoms with van der Waals surface area (Å²) in [6, 6.07) is 10.2. The van der Waals surface area contributed by atoms with Crippen molar-refractivity contribution in [3.63, 3.8) is 0 Å². The van der Waals surface area contributed by atoms with Gasteiger partial charge in [0, 0.05) is 0 Å². The Bertz CT molecular complexity index is 616. The van der Waals surface area contributed by atoms with Crippen LogP contribution in [0, 0.1) is 11.6 Å². The summed E-state index contributed by atoms with van der Waals surface area (Å²) in [5, 5.41) is 2.28. The highest BCUT2D eigenvalue weighted by atomic mass is 35.5. The van der Waals surface area contributed by atoms with E-state index in [-0.39, 0.29) is 22.7 Å². The lowest BCUT2D eigenvalue weighted by molar-refractivity contribution is -0.115. The monoisotopic (exact) mass is 281 g/mol. The van der Waals surface area contributed by atoms with E-state index in [9.17, 15) is 13.6 Å². The summed E-state index contributed by atoms with van der Waals surface area (Å²) in [6.45, 7) is 0. The molecule has 5 heteroatoms. The number of anilines is 1. The Morgan fingerprint density at radius 1 is 1.11 bits per heavy atom. The van der Waals surface area contributed by atoms with E-state index in [2.05, 4.69) is 5.32 Å². The average molecular weight is 282 g/mol. The molecular formula is C14H10ClF2NO. The maximum atomic E-state index is 13.6. The van der Waals surface area contributed by atoms with E-state index in [1.807, 2.05) is 0 Å². The van der Waals surface area contributed by atoms with Crippen molar-refractivity contribution in [2.75, 3.05) is 5.32 Å². The molecule has 0 spiro atoms. The van der Waals surface area contributed by atoms with E-state index >= 15 is 0 Å². The molecule has 0 radical (unpaired) electrons. The number of amides is 1. The zero-order valence-corrected chi connectivity index (χ0v) is 10.5. The molecule has 0 saturated carbocycles. The van der Waals surface area contributed by atoms with Crippen LogP contribution in [0.5, 0.6) is 0 Å². The number of hydrogen-bond acceptors (Lipinski definition) is 1. The minimum Gasteiger partial charge on any atom is -0.323 e. The number of rotatable bonds is 3. The molecule has 0 heterocycles. The molecule has 0 aliphatic rings. The Kier molecular flexibility index (Phi) is 4.12. The summed E-state index contributed by atoms with van der Waals surface area (Å²) >= 11 is 5.60. The van der Waals surface area contributed by atoms with Gasteiger partial charge in [0.05, 0.1) is 17.1 Å². The molecular weight excluding hydrogens is 272 g/mol. The SMILES string of the molecule is O=C(Cc1ccccc1F)Nc1cccc(Cl)c1F. The Hall–Kier alpha value is -1.94. The van der Waals surface area contributed by atoms with Crippen molar-refractivity contribution in [3.05, 3.63) is 64.7 Å². The molecule has 19 heavy (non-hydrogen) atoms. The molecule has 0 bridgehead atoms. The van der Waals surface area contributed by atoms with Gasteiger partial charge in [-0.3, -0.25) is 4.79 Å². The van der Waals surface area contributed by atoms with Gasteiger partial charge in [0.2, 0.25) is 5.91 Å². The van der Waals surface area contributed by atoms with Crippen molar-refractivity contribution in [2.45, 2.75) is 6.42 Å². The van der Waals surface area contributed by atoms with Crippen LogP contribution in [-0.2, 0) is 11.2 Å². The fraction of sp³-hybridized carbons (Fsp3) is 0.0714. The number of nitrogens with one attached hydrogen (secondary N) is 1. The van der Waals surface area contributed by atoms with Gasteiger partial charge in [-0.1, -0.05) is 35.9 Å². The molecule has 2 aromatic carbocycles. The van der Waals surface area contributed by atoms with Gasteiger partial charge in [-0.25, -0.2) is 8.78 Å². The first-order valence-corrected chi connectivity index (χ1v) is 5.93. The fourth-order valence-electron chi connectivity index (χ4n) is 1.61. The molecule has 0 aliphatic heterocycles. The normalized spacial score (nSPS) is 10.3. The van der Waals surface area contributed by atoms with Crippen LogP contribution in [0.4, 0.5) is 14.5 Å². The second kappa shape index (κ2) is 5.80. The van der Waals surface area contributed by atoms with E-state index in [4.69, 9.17) is 11.6 Å². The highest BCUT2D eigenvalue weighted by Crippen LogP contribution is 2.22. The van der Waals surface area contributed by atoms with Gasteiger partial charge in [0.15, 0.2) is 5.82 Å². The molecule has 1 N–H and O–H groups in total. The van der Waals surface area contributed by atoms with Crippen molar-refractivity contribution in [2.24, 2.45) is 0 Å². The van der Waals surface area contributed by atoms with Gasteiger partial charge in [0.1, 0.15) is 5.82 Å². The lowest BCUT2D eigenvalue weighted by Crippen LogP contribution is -2.16. The Labute approximate surface area is 114 Å². The van der Waals surface area contributed by atoms with Crippen molar-refractivity contribution in [1.82, 2.24) is 0 Å². The van der Waals surface area contributed by atoms with Crippen molar-refractivity contribution in [3.8, 4) is 0 Å². The highest BCUT2D eigenvalue weighted by molar-refractivity contribution is 6.31. The molecule has 2 nitrogen and oxygen atoms in total. The van der Waals surface area contributed by atoms with E-state index in [0.29, 0.717) is 0 Å². The van der Waals surface area contributed by atoms with E-state index in [1.165, 1.54) is 36.4 Å². The van der Waals surface area contributed by atoms with Crippen molar-refractivity contribution >= 4 is 23.2 Å². The molecule has 0 fully saturated rings. The zero-order valence-electron chi connectivity index (χ0n) is 9.79. The summed E-state index contributed by atoms with van der Waals surface area (Å²) < 4.78 is 26.9. The predicted molar refractivity (Wildman–Crippen MR) is 70.1 cm³/mol. The number of carbonyl (C=O) groups excluding carboxylic acids is 1. The van der Waals surface area contributed by atoms with Crippen LogP contribution in [0.2, 0.25) is 5.02 Å². The summed E-state index contributed by atoms with van der Waals surface area (Å²) in [5.41, 5.74) is 0.233. The maximum Gasteiger partial charge on any atom is 0.228 e. The molecule has 0 unspecified atom stereocenters. The molecule has 0 aromatic heterocycles. The first-order chi connectivity index (χ1) is 9.08. The molecule has 2 aromatic rings. The minimum atomic E-state index is -0.703. The molecule has 0 aliphatic carbocycles. The number of benzene rings is 2. The van der Waals surface area contributed by atoms with E-state index < -0.39 is 17.5 Å². The van der Waals surface area contributed by atoms with Gasteiger partial charge in [-0.2, -0.15) is 0 Å². The highest BCUT2D eigenvalue weighted by Gasteiger charge is 2.11. The fourth-order valence-corrected chi connectivity index (χ4v) is 1.78. The van der Waals surface area contributed by atoms with Gasteiger partial charge < -0.3 is 5.32 Å². The van der Waals surface area contributed by atoms with Crippen LogP contribution in [0.15, 0.2) is 42.5 Å².